The van der Waals surface area contributed by atoms with Crippen LogP contribution in [0.5, 0.6) is 11.6 Å². The number of hydrogen-bond donors (Lipinski definition) is 2. The van der Waals surface area contributed by atoms with E-state index in [2.05, 4.69) is 38.3 Å². The largest absolute Gasteiger partial charge is 0.434 e. The molecule has 1 aromatic carbocycles. The van der Waals surface area contributed by atoms with Gasteiger partial charge in [0.2, 0.25) is 5.88 Å². The van der Waals surface area contributed by atoms with E-state index in [9.17, 15) is 14.4 Å². The highest BCUT2D eigenvalue weighted by molar-refractivity contribution is 5.96. The van der Waals surface area contributed by atoms with Crippen molar-refractivity contribution < 1.29 is 13.9 Å². The van der Waals surface area contributed by atoms with E-state index in [1.54, 1.807) is 18.2 Å². The van der Waals surface area contributed by atoms with Crippen LogP contribution in [-0.2, 0) is 4.79 Å². The van der Waals surface area contributed by atoms with Crippen molar-refractivity contribution in [3.05, 3.63) is 65.4 Å². The van der Waals surface area contributed by atoms with E-state index in [-0.39, 0.29) is 35.0 Å². The van der Waals surface area contributed by atoms with Gasteiger partial charge in [-0.3, -0.25) is 4.79 Å². The molecule has 0 saturated carbocycles. The first kappa shape index (κ1) is 23.5. The van der Waals surface area contributed by atoms with Gasteiger partial charge in [0.15, 0.2) is 22.9 Å². The molecule has 1 atom stereocenters. The van der Waals surface area contributed by atoms with Crippen molar-refractivity contribution in [2.45, 2.75) is 19.4 Å². The lowest BCUT2D eigenvalue weighted by Gasteiger charge is -2.33. The minimum atomic E-state index is -0.535. The molecule has 2 N–H and O–H groups in total. The van der Waals surface area contributed by atoms with E-state index in [1.807, 2.05) is 24.0 Å². The first-order valence-electron chi connectivity index (χ1n) is 11.8. The molecule has 184 valence electrons. The molecule has 1 unspecified atom stereocenters. The number of nitrogens with one attached hydrogen (secondary N) is 2. The number of anilines is 1. The molecule has 1 fully saturated rings. The van der Waals surface area contributed by atoms with Crippen molar-refractivity contribution in [3.63, 3.8) is 0 Å². The number of piperazine rings is 1. The Hall–Kier alpha value is -4.23. The van der Waals surface area contributed by atoms with E-state index in [0.29, 0.717) is 36.0 Å². The van der Waals surface area contributed by atoms with Gasteiger partial charge in [-0.2, -0.15) is 5.26 Å². The number of halogens is 1. The van der Waals surface area contributed by atoms with Gasteiger partial charge in [0.05, 0.1) is 0 Å². The van der Waals surface area contributed by atoms with E-state index in [0.717, 1.165) is 18.8 Å². The van der Waals surface area contributed by atoms with E-state index < -0.39 is 5.82 Å². The molecule has 9 nitrogen and oxygen atoms in total. The fraction of sp³-hybridized carbons (Fsp3) is 0.308. The molecule has 0 bridgehead atoms. The summed E-state index contributed by atoms with van der Waals surface area (Å²) in [5.41, 5.74) is 2.22. The maximum absolute atomic E-state index is 15.0. The lowest BCUT2D eigenvalue weighted by atomic mass is 10.0. The normalized spacial score (nSPS) is 18.1. The fourth-order valence-electron chi connectivity index (χ4n) is 4.38. The molecule has 2 aromatic heterocycles. The van der Waals surface area contributed by atoms with Crippen molar-refractivity contribution in [3.8, 4) is 17.7 Å². The quantitative estimate of drug-likeness (QED) is 0.567. The molecule has 1 aliphatic heterocycles. The van der Waals surface area contributed by atoms with Crippen molar-refractivity contribution in [1.82, 2.24) is 24.8 Å². The Kier molecular flexibility index (Phi) is 6.40. The summed E-state index contributed by atoms with van der Waals surface area (Å²) >= 11 is 0. The lowest BCUT2D eigenvalue weighted by molar-refractivity contribution is -0.128. The Bertz CT molecular complexity index is 1410. The number of hydrogen-bond acceptors (Lipinski definition) is 7. The summed E-state index contributed by atoms with van der Waals surface area (Å²) in [5.74, 6) is -0.299. The van der Waals surface area contributed by atoms with Crippen LogP contribution in [0.25, 0.3) is 10.9 Å². The van der Waals surface area contributed by atoms with Crippen molar-refractivity contribution in [1.29, 1.82) is 5.26 Å². The number of nitriles is 1. The second-order valence-electron chi connectivity index (χ2n) is 9.01. The number of likely N-dealkylation sites (N-methyl/N-ethyl adjacent to an activating group) is 1. The van der Waals surface area contributed by atoms with Crippen LogP contribution in [0.15, 0.2) is 48.3 Å². The predicted octanol–water partition coefficient (Wildman–Crippen LogP) is 3.51. The molecule has 10 heteroatoms. The monoisotopic (exact) mass is 487 g/mol. The smallest absolute Gasteiger partial charge is 0.253 e. The minimum absolute atomic E-state index is 0.0322. The molecular weight excluding hydrogens is 461 g/mol. The van der Waals surface area contributed by atoms with Gasteiger partial charge in [0.25, 0.3) is 5.91 Å². The highest BCUT2D eigenvalue weighted by Crippen LogP contribution is 2.32. The molecule has 1 saturated heterocycles. The van der Waals surface area contributed by atoms with Crippen LogP contribution in [0.1, 0.15) is 17.7 Å². The maximum Gasteiger partial charge on any atom is 0.253 e. The first-order valence-corrected chi connectivity index (χ1v) is 11.8. The molecule has 1 aliphatic carbocycles. The van der Waals surface area contributed by atoms with Crippen LogP contribution in [0.3, 0.4) is 0 Å². The Balaban J connectivity index is 1.29. The highest BCUT2D eigenvalue weighted by atomic mass is 19.1. The maximum atomic E-state index is 15.0. The molecule has 36 heavy (non-hydrogen) atoms. The van der Waals surface area contributed by atoms with Crippen LogP contribution in [0, 0.1) is 24.1 Å². The van der Waals surface area contributed by atoms with E-state index >= 15 is 0 Å². The molecular formula is C26H26FN7O2. The molecule has 3 aromatic rings. The standard InChI is InChI=1S/C26H26FN7O2/c1-16-13-19-21(31-16)7-8-22(23(19)27)36-25-20(14-28)24(29-15-30-25)32-18-5-3-17(4-6-18)26(35)34-11-9-33(2)10-12-34/h3-5,7-8,13,15,18,31H,6,9-12H2,1-2H3,(H,29,30,32). The Labute approximate surface area is 207 Å². The summed E-state index contributed by atoms with van der Waals surface area (Å²) in [5, 5.41) is 13.4. The molecule has 5 rings (SSSR count). The number of ether oxygens (including phenoxy) is 1. The highest BCUT2D eigenvalue weighted by Gasteiger charge is 2.24. The minimum Gasteiger partial charge on any atom is -0.434 e. The van der Waals surface area contributed by atoms with Crippen LogP contribution >= 0.6 is 0 Å². The number of aromatic amines is 1. The second-order valence-corrected chi connectivity index (χ2v) is 9.01. The van der Waals surface area contributed by atoms with Gasteiger partial charge in [-0.1, -0.05) is 18.2 Å². The van der Waals surface area contributed by atoms with E-state index in [1.165, 1.54) is 12.4 Å². The molecule has 3 heterocycles. The van der Waals surface area contributed by atoms with Crippen molar-refractivity contribution in [2.75, 3.05) is 38.5 Å². The van der Waals surface area contributed by atoms with E-state index in [4.69, 9.17) is 4.74 Å². The topological polar surface area (TPSA) is 110 Å². The van der Waals surface area contributed by atoms with Crippen LogP contribution in [0.2, 0.25) is 0 Å². The Morgan fingerprint density at radius 2 is 2.08 bits per heavy atom. The Morgan fingerprint density at radius 1 is 1.28 bits per heavy atom. The van der Waals surface area contributed by atoms with Gasteiger partial charge in [-0.05, 0) is 38.6 Å². The SMILES string of the molecule is Cc1cc2c(F)c(Oc3ncnc(NC4C=CC(C(=O)N5CCN(C)CC5)=CC4)c3C#N)ccc2[nH]1. The summed E-state index contributed by atoms with van der Waals surface area (Å²) < 4.78 is 20.7. The number of amides is 1. The molecule has 1 amide bonds. The Morgan fingerprint density at radius 3 is 2.81 bits per heavy atom. The van der Waals surface area contributed by atoms with Crippen LogP contribution in [0.4, 0.5) is 10.2 Å². The number of benzene rings is 1. The number of rotatable bonds is 5. The van der Waals surface area contributed by atoms with Gasteiger partial charge in [0.1, 0.15) is 12.4 Å². The number of fused-ring (bicyclic) bond motifs is 1. The molecule has 0 spiro atoms. The van der Waals surface area contributed by atoms with Gasteiger partial charge < -0.3 is 24.8 Å². The van der Waals surface area contributed by atoms with Gasteiger partial charge >= 0.3 is 0 Å². The molecule has 0 radical (unpaired) electrons. The third-order valence-corrected chi connectivity index (χ3v) is 6.43. The lowest BCUT2D eigenvalue weighted by Crippen LogP contribution is -2.47. The number of carbonyl (C=O) groups excluding carboxylic acids is 1. The zero-order chi connectivity index (χ0) is 25.2. The summed E-state index contributed by atoms with van der Waals surface area (Å²) in [6.07, 6.45) is 7.39. The number of aromatic nitrogens is 3. The van der Waals surface area contributed by atoms with Gasteiger partial charge in [-0.25, -0.2) is 14.4 Å². The summed E-state index contributed by atoms with van der Waals surface area (Å²) in [7, 11) is 2.05. The number of H-pyrrole nitrogens is 1. The summed E-state index contributed by atoms with van der Waals surface area (Å²) in [4.78, 5) is 28.2. The first-order chi connectivity index (χ1) is 17.4. The second kappa shape index (κ2) is 9.79. The summed E-state index contributed by atoms with van der Waals surface area (Å²) in [6, 6.07) is 6.79. The van der Waals surface area contributed by atoms with Gasteiger partial charge in [-0.15, -0.1) is 0 Å². The molecule has 2 aliphatic rings. The third kappa shape index (κ3) is 4.65. The zero-order valence-electron chi connectivity index (χ0n) is 20.1. The number of carbonyl (C=O) groups is 1. The third-order valence-electron chi connectivity index (χ3n) is 6.43. The average molecular weight is 488 g/mol. The van der Waals surface area contributed by atoms with Crippen molar-refractivity contribution >= 4 is 22.6 Å². The van der Waals surface area contributed by atoms with Crippen LogP contribution < -0.4 is 10.1 Å². The summed E-state index contributed by atoms with van der Waals surface area (Å²) in [6.45, 7) is 5.01. The predicted molar refractivity (Wildman–Crippen MR) is 133 cm³/mol. The van der Waals surface area contributed by atoms with Crippen molar-refractivity contribution in [2.24, 2.45) is 0 Å². The number of aryl methyl sites for hydroxylation is 1. The number of nitrogens with zero attached hydrogens (tertiary/aromatic N) is 5. The van der Waals surface area contributed by atoms with Crippen LogP contribution in [-0.4, -0.2) is 69.9 Å². The zero-order valence-corrected chi connectivity index (χ0v) is 20.1. The van der Waals surface area contributed by atoms with Gasteiger partial charge in [0, 0.05) is 54.4 Å². The fourth-order valence-corrected chi connectivity index (χ4v) is 4.38. The average Bonchev–Trinajstić information content (AvgIpc) is 3.27.